The molecule has 0 spiro atoms. The fourth-order valence-electron chi connectivity index (χ4n) is 1.85. The Morgan fingerprint density at radius 3 is 2.90 bits per heavy atom. The lowest BCUT2D eigenvalue weighted by atomic mass is 10.1. The van der Waals surface area contributed by atoms with Crippen LogP contribution in [0.1, 0.15) is 22.3 Å². The van der Waals surface area contributed by atoms with Gasteiger partial charge < -0.3 is 11.1 Å². The minimum absolute atomic E-state index is 0.192. The minimum atomic E-state index is -0.533. The molecular weight excluding hydrogens is 257 g/mol. The maximum atomic E-state index is 13.0. The Morgan fingerprint density at radius 2 is 2.15 bits per heavy atom. The predicted molar refractivity (Wildman–Crippen MR) is 76.0 cm³/mol. The zero-order valence-corrected chi connectivity index (χ0v) is 11.0. The number of halogens is 1. The van der Waals surface area contributed by atoms with E-state index in [9.17, 15) is 9.18 Å². The largest absolute Gasteiger partial charge is 0.330 e. The van der Waals surface area contributed by atoms with E-state index in [4.69, 9.17) is 5.73 Å². The van der Waals surface area contributed by atoms with E-state index in [1.54, 1.807) is 6.07 Å². The van der Waals surface area contributed by atoms with E-state index in [0.717, 1.165) is 30.7 Å². The number of carbonyl (C=O) groups excluding carboxylic acids is 1. The van der Waals surface area contributed by atoms with E-state index >= 15 is 0 Å². The van der Waals surface area contributed by atoms with E-state index in [1.807, 2.05) is 18.2 Å². The molecule has 0 aliphatic carbocycles. The molecule has 1 heterocycles. The van der Waals surface area contributed by atoms with Crippen molar-refractivity contribution in [3.8, 4) is 0 Å². The highest BCUT2D eigenvalue weighted by molar-refractivity contribution is 6.04. The summed E-state index contributed by atoms with van der Waals surface area (Å²) in [5.74, 6) is -0.915. The van der Waals surface area contributed by atoms with Crippen LogP contribution in [-0.4, -0.2) is 17.4 Å². The van der Waals surface area contributed by atoms with Crippen LogP contribution in [0.5, 0.6) is 0 Å². The van der Waals surface area contributed by atoms with Gasteiger partial charge in [0, 0.05) is 11.9 Å². The van der Waals surface area contributed by atoms with Gasteiger partial charge in [-0.05, 0) is 43.1 Å². The number of hydrogen-bond acceptors (Lipinski definition) is 3. The molecule has 0 radical (unpaired) electrons. The van der Waals surface area contributed by atoms with Crippen LogP contribution in [0.25, 0.3) is 0 Å². The summed E-state index contributed by atoms with van der Waals surface area (Å²) in [6.07, 6.45) is 4.15. The predicted octanol–water partition coefficient (Wildman–Crippen LogP) is 2.36. The molecule has 0 saturated heterocycles. The first-order valence-electron chi connectivity index (χ1n) is 6.40. The number of nitrogens with one attached hydrogen (secondary N) is 1. The first-order chi connectivity index (χ1) is 9.69. The highest BCUT2D eigenvalue weighted by atomic mass is 19.1. The van der Waals surface area contributed by atoms with Crippen molar-refractivity contribution < 1.29 is 9.18 Å². The average molecular weight is 273 g/mol. The molecular formula is C15H16FN3O. The number of hydrogen-bond donors (Lipinski definition) is 2. The fraction of sp³-hybridized carbons (Fsp3) is 0.200. The molecule has 0 saturated carbocycles. The number of rotatable bonds is 5. The van der Waals surface area contributed by atoms with E-state index in [0.29, 0.717) is 12.2 Å². The van der Waals surface area contributed by atoms with Crippen molar-refractivity contribution in [1.82, 2.24) is 4.98 Å². The normalized spacial score (nSPS) is 10.3. The number of nitrogens with two attached hydrogens (primary N) is 1. The molecule has 2 aromatic rings. The topological polar surface area (TPSA) is 68.0 Å². The van der Waals surface area contributed by atoms with Crippen LogP contribution in [0.3, 0.4) is 0 Å². The Balaban J connectivity index is 2.07. The van der Waals surface area contributed by atoms with Crippen LogP contribution in [0.15, 0.2) is 42.7 Å². The highest BCUT2D eigenvalue weighted by Crippen LogP contribution is 2.13. The van der Waals surface area contributed by atoms with E-state index < -0.39 is 5.82 Å². The lowest BCUT2D eigenvalue weighted by Crippen LogP contribution is -2.12. The number of nitrogens with zero attached hydrogens (tertiary/aromatic N) is 1. The van der Waals surface area contributed by atoms with Gasteiger partial charge >= 0.3 is 0 Å². The second kappa shape index (κ2) is 6.77. The van der Waals surface area contributed by atoms with Gasteiger partial charge in [-0.1, -0.05) is 12.1 Å². The van der Waals surface area contributed by atoms with Crippen LogP contribution in [0.4, 0.5) is 10.1 Å². The third-order valence-corrected chi connectivity index (χ3v) is 2.82. The molecule has 0 bridgehead atoms. The van der Waals surface area contributed by atoms with Crippen LogP contribution < -0.4 is 11.1 Å². The van der Waals surface area contributed by atoms with Gasteiger partial charge in [-0.2, -0.15) is 0 Å². The Bertz CT molecular complexity index is 601. The summed E-state index contributed by atoms with van der Waals surface area (Å²) in [5, 5.41) is 2.73. The van der Waals surface area contributed by atoms with Gasteiger partial charge in [0.05, 0.1) is 11.8 Å². The van der Waals surface area contributed by atoms with Crippen molar-refractivity contribution in [2.75, 3.05) is 11.9 Å². The SMILES string of the molecule is NCCCc1cccc(NC(=O)c2cncc(F)c2)c1. The Morgan fingerprint density at radius 1 is 1.30 bits per heavy atom. The zero-order valence-electron chi connectivity index (χ0n) is 11.0. The van der Waals surface area contributed by atoms with Crippen molar-refractivity contribution in [2.45, 2.75) is 12.8 Å². The van der Waals surface area contributed by atoms with E-state index in [2.05, 4.69) is 10.3 Å². The third-order valence-electron chi connectivity index (χ3n) is 2.82. The summed E-state index contributed by atoms with van der Waals surface area (Å²) in [7, 11) is 0. The summed E-state index contributed by atoms with van der Waals surface area (Å²) in [6, 6.07) is 8.68. The quantitative estimate of drug-likeness (QED) is 0.878. The highest BCUT2D eigenvalue weighted by Gasteiger charge is 2.07. The smallest absolute Gasteiger partial charge is 0.257 e. The molecule has 5 heteroatoms. The standard InChI is InChI=1S/C15H16FN3O/c16-13-8-12(9-18-10-13)15(20)19-14-5-1-3-11(7-14)4-2-6-17/h1,3,5,7-10H,2,4,6,17H2,(H,19,20). The molecule has 1 amide bonds. The number of amides is 1. The van der Waals surface area contributed by atoms with Crippen LogP contribution in [0.2, 0.25) is 0 Å². The molecule has 4 nitrogen and oxygen atoms in total. The fourth-order valence-corrected chi connectivity index (χ4v) is 1.85. The summed E-state index contributed by atoms with van der Waals surface area (Å²) in [5.41, 5.74) is 7.44. The summed E-state index contributed by atoms with van der Waals surface area (Å²) < 4.78 is 13.0. The molecule has 20 heavy (non-hydrogen) atoms. The average Bonchev–Trinajstić information content (AvgIpc) is 2.45. The van der Waals surface area contributed by atoms with Crippen LogP contribution in [-0.2, 0) is 6.42 Å². The van der Waals surface area contributed by atoms with Crippen molar-refractivity contribution in [3.63, 3.8) is 0 Å². The third kappa shape index (κ3) is 3.86. The van der Waals surface area contributed by atoms with Gasteiger partial charge in [0.1, 0.15) is 5.82 Å². The molecule has 104 valence electrons. The summed E-state index contributed by atoms with van der Waals surface area (Å²) >= 11 is 0. The zero-order chi connectivity index (χ0) is 14.4. The maximum absolute atomic E-state index is 13.0. The lowest BCUT2D eigenvalue weighted by Gasteiger charge is -2.07. The first-order valence-corrected chi connectivity index (χ1v) is 6.40. The molecule has 0 aliphatic rings. The van der Waals surface area contributed by atoms with Crippen molar-refractivity contribution in [2.24, 2.45) is 5.73 Å². The second-order valence-electron chi connectivity index (χ2n) is 4.44. The van der Waals surface area contributed by atoms with Crippen molar-refractivity contribution in [3.05, 3.63) is 59.7 Å². The summed E-state index contributed by atoms with van der Waals surface area (Å²) in [6.45, 7) is 0.631. The monoisotopic (exact) mass is 273 g/mol. The number of anilines is 1. The van der Waals surface area contributed by atoms with E-state index in [1.165, 1.54) is 6.20 Å². The molecule has 3 N–H and O–H groups in total. The Kier molecular flexibility index (Phi) is 4.79. The van der Waals surface area contributed by atoms with Gasteiger partial charge in [0.25, 0.3) is 5.91 Å². The van der Waals surface area contributed by atoms with Gasteiger partial charge in [0.2, 0.25) is 0 Å². The van der Waals surface area contributed by atoms with Crippen molar-refractivity contribution in [1.29, 1.82) is 0 Å². The Labute approximate surface area is 116 Å². The minimum Gasteiger partial charge on any atom is -0.330 e. The number of aromatic nitrogens is 1. The van der Waals surface area contributed by atoms with Gasteiger partial charge in [-0.3, -0.25) is 9.78 Å². The molecule has 0 unspecified atom stereocenters. The second-order valence-corrected chi connectivity index (χ2v) is 4.44. The van der Waals surface area contributed by atoms with Gasteiger partial charge in [-0.15, -0.1) is 0 Å². The molecule has 0 aliphatic heterocycles. The molecule has 2 rings (SSSR count). The van der Waals surface area contributed by atoms with Gasteiger partial charge in [-0.25, -0.2) is 4.39 Å². The maximum Gasteiger partial charge on any atom is 0.257 e. The number of aryl methyl sites for hydroxylation is 1. The molecule has 1 aromatic heterocycles. The first kappa shape index (κ1) is 14.1. The van der Waals surface area contributed by atoms with E-state index in [-0.39, 0.29) is 11.5 Å². The molecule has 1 aromatic carbocycles. The van der Waals surface area contributed by atoms with Crippen LogP contribution >= 0.6 is 0 Å². The van der Waals surface area contributed by atoms with Gasteiger partial charge in [0.15, 0.2) is 0 Å². The number of benzene rings is 1. The summed E-state index contributed by atoms with van der Waals surface area (Å²) in [4.78, 5) is 15.6. The number of pyridine rings is 1. The van der Waals surface area contributed by atoms with Crippen LogP contribution in [0, 0.1) is 5.82 Å². The number of carbonyl (C=O) groups is 1. The Hall–Kier alpha value is -2.27. The molecule has 0 fully saturated rings. The molecule has 0 atom stereocenters. The lowest BCUT2D eigenvalue weighted by molar-refractivity contribution is 0.102. The van der Waals surface area contributed by atoms with Crippen molar-refractivity contribution >= 4 is 11.6 Å².